The quantitative estimate of drug-likeness (QED) is 0.727. The fourth-order valence-electron chi connectivity index (χ4n) is 1.94. The summed E-state index contributed by atoms with van der Waals surface area (Å²) in [6.07, 6.45) is 4.91. The topological polar surface area (TPSA) is 13.1 Å². The van der Waals surface area contributed by atoms with Crippen molar-refractivity contribution in [3.63, 3.8) is 0 Å². The standard InChI is InChI=1S/C14H16FO/c1-3-4-5-10(2)14-13-7-6-12(15)8-11(13)9-16-14/h6-10H,2-5H2,1H3. The molecular formula is C14H16FO. The van der Waals surface area contributed by atoms with E-state index in [4.69, 9.17) is 4.42 Å². The van der Waals surface area contributed by atoms with Gasteiger partial charge in [-0.1, -0.05) is 19.8 Å². The molecule has 1 unspecified atom stereocenters. The highest BCUT2D eigenvalue weighted by Gasteiger charge is 2.13. The molecule has 85 valence electrons. The third kappa shape index (κ3) is 2.11. The van der Waals surface area contributed by atoms with Gasteiger partial charge in [-0.25, -0.2) is 4.39 Å². The number of hydrogen-bond acceptors (Lipinski definition) is 1. The zero-order valence-corrected chi connectivity index (χ0v) is 9.50. The van der Waals surface area contributed by atoms with Gasteiger partial charge in [-0.15, -0.1) is 0 Å². The van der Waals surface area contributed by atoms with Crippen molar-refractivity contribution in [2.24, 2.45) is 0 Å². The van der Waals surface area contributed by atoms with Gasteiger partial charge in [-0.3, -0.25) is 0 Å². The Balaban J connectivity index is 2.31. The van der Waals surface area contributed by atoms with Crippen LogP contribution in [0.2, 0.25) is 0 Å². The molecule has 0 bridgehead atoms. The van der Waals surface area contributed by atoms with E-state index in [1.54, 1.807) is 12.3 Å². The molecule has 1 nitrogen and oxygen atoms in total. The van der Waals surface area contributed by atoms with E-state index in [2.05, 4.69) is 13.8 Å². The molecule has 2 rings (SSSR count). The summed E-state index contributed by atoms with van der Waals surface area (Å²) in [5, 5.41) is 1.80. The number of rotatable bonds is 4. The second kappa shape index (κ2) is 4.69. The van der Waals surface area contributed by atoms with Crippen LogP contribution in [0, 0.1) is 12.7 Å². The average Bonchev–Trinajstić information content (AvgIpc) is 2.68. The number of halogens is 1. The average molecular weight is 219 g/mol. The number of hydrogen-bond donors (Lipinski definition) is 0. The third-order valence-corrected chi connectivity index (χ3v) is 2.87. The van der Waals surface area contributed by atoms with Crippen LogP contribution in [-0.2, 0) is 0 Å². The van der Waals surface area contributed by atoms with E-state index in [9.17, 15) is 4.39 Å². The van der Waals surface area contributed by atoms with Crippen LogP contribution in [0.5, 0.6) is 0 Å². The minimum absolute atomic E-state index is 0.155. The third-order valence-electron chi connectivity index (χ3n) is 2.87. The van der Waals surface area contributed by atoms with E-state index in [-0.39, 0.29) is 11.7 Å². The first-order chi connectivity index (χ1) is 7.72. The summed E-state index contributed by atoms with van der Waals surface area (Å²) in [4.78, 5) is 0. The van der Waals surface area contributed by atoms with Crippen LogP contribution < -0.4 is 0 Å². The summed E-state index contributed by atoms with van der Waals surface area (Å²) in [7, 11) is 0. The van der Waals surface area contributed by atoms with Gasteiger partial charge in [0.05, 0.1) is 6.26 Å². The maximum atomic E-state index is 13.0. The Labute approximate surface area is 95.3 Å². The van der Waals surface area contributed by atoms with E-state index in [1.807, 2.05) is 0 Å². The first kappa shape index (κ1) is 11.2. The van der Waals surface area contributed by atoms with Crippen molar-refractivity contribution in [1.29, 1.82) is 0 Å². The van der Waals surface area contributed by atoms with Gasteiger partial charge >= 0.3 is 0 Å². The lowest BCUT2D eigenvalue weighted by Gasteiger charge is -2.07. The molecule has 1 aromatic carbocycles. The van der Waals surface area contributed by atoms with Crippen molar-refractivity contribution in [3.8, 4) is 0 Å². The summed E-state index contributed by atoms with van der Waals surface area (Å²) in [5.41, 5.74) is 0. The maximum Gasteiger partial charge on any atom is 0.123 e. The van der Waals surface area contributed by atoms with Gasteiger partial charge in [-0.2, -0.15) is 0 Å². The Bertz CT molecular complexity index is 473. The molecule has 1 radical (unpaired) electrons. The van der Waals surface area contributed by atoms with Crippen molar-refractivity contribution in [2.45, 2.75) is 32.1 Å². The van der Waals surface area contributed by atoms with Crippen LogP contribution in [0.1, 0.15) is 37.9 Å². The molecule has 0 fully saturated rings. The minimum Gasteiger partial charge on any atom is -0.468 e. The lowest BCUT2D eigenvalue weighted by molar-refractivity contribution is 0.476. The molecule has 2 heteroatoms. The molecule has 1 atom stereocenters. The van der Waals surface area contributed by atoms with Gasteiger partial charge in [0.25, 0.3) is 0 Å². The van der Waals surface area contributed by atoms with Crippen LogP contribution in [0.4, 0.5) is 4.39 Å². The van der Waals surface area contributed by atoms with E-state index in [0.29, 0.717) is 0 Å². The Morgan fingerprint density at radius 2 is 2.25 bits per heavy atom. The van der Waals surface area contributed by atoms with Crippen LogP contribution in [-0.4, -0.2) is 0 Å². The van der Waals surface area contributed by atoms with Crippen LogP contribution in [0.15, 0.2) is 28.9 Å². The predicted molar refractivity (Wildman–Crippen MR) is 63.8 cm³/mol. The monoisotopic (exact) mass is 219 g/mol. The zero-order valence-electron chi connectivity index (χ0n) is 9.50. The number of unbranched alkanes of at least 4 members (excludes halogenated alkanes) is 1. The van der Waals surface area contributed by atoms with Crippen molar-refractivity contribution in [2.75, 3.05) is 0 Å². The minimum atomic E-state index is -0.228. The molecule has 0 amide bonds. The zero-order chi connectivity index (χ0) is 11.5. The molecule has 1 aromatic heterocycles. The van der Waals surface area contributed by atoms with Gasteiger partial charge in [0.1, 0.15) is 11.6 Å². The predicted octanol–water partition coefficient (Wildman–Crippen LogP) is 4.68. The number of furan rings is 1. The maximum absolute atomic E-state index is 13.0. The van der Waals surface area contributed by atoms with E-state index in [0.717, 1.165) is 35.8 Å². The highest BCUT2D eigenvalue weighted by molar-refractivity contribution is 5.84. The molecule has 0 N–H and O–H groups in total. The number of fused-ring (bicyclic) bond motifs is 1. The van der Waals surface area contributed by atoms with E-state index < -0.39 is 0 Å². The van der Waals surface area contributed by atoms with Gasteiger partial charge < -0.3 is 4.42 Å². The Kier molecular flexibility index (Phi) is 3.28. The molecule has 0 spiro atoms. The Hall–Kier alpha value is -1.31. The normalized spacial score (nSPS) is 13.2. The van der Waals surface area contributed by atoms with Crippen LogP contribution in [0.3, 0.4) is 0 Å². The first-order valence-corrected chi connectivity index (χ1v) is 5.72. The van der Waals surface area contributed by atoms with Crippen molar-refractivity contribution >= 4 is 10.8 Å². The second-order valence-electron chi connectivity index (χ2n) is 4.17. The smallest absolute Gasteiger partial charge is 0.123 e. The summed E-state index contributed by atoms with van der Waals surface area (Å²) in [6, 6.07) is 4.73. The molecule has 0 aliphatic carbocycles. The SMILES string of the molecule is [CH2]C(CCCC)c1occ2cc(F)ccc12. The van der Waals surface area contributed by atoms with Crippen molar-refractivity contribution < 1.29 is 8.81 Å². The summed E-state index contributed by atoms with van der Waals surface area (Å²) >= 11 is 0. The molecular weight excluding hydrogens is 203 g/mol. The molecule has 16 heavy (non-hydrogen) atoms. The first-order valence-electron chi connectivity index (χ1n) is 5.72. The summed E-state index contributed by atoms with van der Waals surface area (Å²) < 4.78 is 18.5. The fourth-order valence-corrected chi connectivity index (χ4v) is 1.94. The van der Waals surface area contributed by atoms with Gasteiger partial charge in [0, 0.05) is 16.7 Å². The van der Waals surface area contributed by atoms with Gasteiger partial charge in [0.2, 0.25) is 0 Å². The lowest BCUT2D eigenvalue weighted by Crippen LogP contribution is -1.92. The van der Waals surface area contributed by atoms with E-state index in [1.165, 1.54) is 12.1 Å². The van der Waals surface area contributed by atoms with Crippen LogP contribution in [0.25, 0.3) is 10.8 Å². The molecule has 0 saturated heterocycles. The molecule has 0 aliphatic rings. The summed E-state index contributed by atoms with van der Waals surface area (Å²) in [6.45, 7) is 6.26. The Morgan fingerprint density at radius 3 is 3.00 bits per heavy atom. The highest BCUT2D eigenvalue weighted by atomic mass is 19.1. The molecule has 0 saturated carbocycles. The molecule has 1 heterocycles. The van der Waals surface area contributed by atoms with Crippen molar-refractivity contribution in [3.05, 3.63) is 43.0 Å². The van der Waals surface area contributed by atoms with Gasteiger partial charge in [0.15, 0.2) is 0 Å². The largest absolute Gasteiger partial charge is 0.468 e. The lowest BCUT2D eigenvalue weighted by atomic mass is 9.99. The van der Waals surface area contributed by atoms with Gasteiger partial charge in [-0.05, 0) is 31.5 Å². The number of benzene rings is 1. The fraction of sp³-hybridized carbons (Fsp3) is 0.357. The van der Waals surface area contributed by atoms with Crippen molar-refractivity contribution in [1.82, 2.24) is 0 Å². The molecule has 0 aliphatic heterocycles. The highest BCUT2D eigenvalue weighted by Crippen LogP contribution is 2.30. The summed E-state index contributed by atoms with van der Waals surface area (Å²) in [5.74, 6) is 0.806. The molecule has 2 aromatic rings. The Morgan fingerprint density at radius 1 is 1.44 bits per heavy atom. The second-order valence-corrected chi connectivity index (χ2v) is 4.17. The van der Waals surface area contributed by atoms with E-state index >= 15 is 0 Å². The van der Waals surface area contributed by atoms with Crippen LogP contribution >= 0.6 is 0 Å².